The Labute approximate surface area is 91.5 Å². The van der Waals surface area contributed by atoms with Crippen LogP contribution in [0.1, 0.15) is 12.5 Å². The van der Waals surface area contributed by atoms with Crippen LogP contribution in [0.4, 0.5) is 5.69 Å². The number of aromatic nitrogens is 1. The second-order valence-electron chi connectivity index (χ2n) is 3.25. The summed E-state index contributed by atoms with van der Waals surface area (Å²) in [7, 11) is 1.92. The largest absolute Gasteiger partial charge is 0.360 e. The number of pyridine rings is 1. The first-order chi connectivity index (χ1) is 7.33. The lowest BCUT2D eigenvalue weighted by atomic mass is 10.2. The molecule has 0 aliphatic heterocycles. The molecule has 0 spiro atoms. The molecule has 80 valence electrons. The molecule has 1 aromatic heterocycles. The molecule has 1 rings (SSSR count). The average Bonchev–Trinajstić information content (AvgIpc) is 2.27. The molecule has 0 aromatic carbocycles. The first-order valence-corrected chi connectivity index (χ1v) is 5.09. The van der Waals surface area contributed by atoms with Gasteiger partial charge in [-0.05, 0) is 20.0 Å². The Morgan fingerprint density at radius 1 is 1.60 bits per heavy atom. The standard InChI is InChI=1S/C12H17N3/c1-4-8-15(5-2)12-6-7-14-10-11(12)9-13-3/h1,6-7,10,13H,5,8-9H2,2-3H3. The van der Waals surface area contributed by atoms with Gasteiger partial charge in [0.1, 0.15) is 0 Å². The highest BCUT2D eigenvalue weighted by molar-refractivity contribution is 5.52. The summed E-state index contributed by atoms with van der Waals surface area (Å²) >= 11 is 0. The molecule has 3 heteroatoms. The van der Waals surface area contributed by atoms with Crippen LogP contribution in [-0.4, -0.2) is 25.1 Å². The maximum Gasteiger partial charge on any atom is 0.0791 e. The van der Waals surface area contributed by atoms with E-state index in [1.54, 1.807) is 6.20 Å². The molecule has 0 unspecified atom stereocenters. The fraction of sp³-hybridized carbons (Fsp3) is 0.417. The van der Waals surface area contributed by atoms with Gasteiger partial charge in [0.15, 0.2) is 0 Å². The molecule has 1 aromatic rings. The van der Waals surface area contributed by atoms with Gasteiger partial charge >= 0.3 is 0 Å². The van der Waals surface area contributed by atoms with E-state index in [1.165, 1.54) is 11.3 Å². The highest BCUT2D eigenvalue weighted by Gasteiger charge is 2.07. The number of hydrogen-bond donors (Lipinski definition) is 1. The van der Waals surface area contributed by atoms with E-state index in [0.717, 1.165) is 13.1 Å². The summed E-state index contributed by atoms with van der Waals surface area (Å²) < 4.78 is 0. The van der Waals surface area contributed by atoms with Crippen molar-refractivity contribution in [3.05, 3.63) is 24.0 Å². The topological polar surface area (TPSA) is 28.2 Å². The third-order valence-electron chi connectivity index (χ3n) is 2.25. The van der Waals surface area contributed by atoms with E-state index in [1.807, 2.05) is 19.3 Å². The molecule has 1 heterocycles. The molecule has 0 fully saturated rings. The lowest BCUT2D eigenvalue weighted by Crippen LogP contribution is -2.25. The minimum atomic E-state index is 0.636. The summed E-state index contributed by atoms with van der Waals surface area (Å²) in [5, 5.41) is 3.13. The predicted molar refractivity (Wildman–Crippen MR) is 63.7 cm³/mol. The van der Waals surface area contributed by atoms with Gasteiger partial charge in [0.25, 0.3) is 0 Å². The third kappa shape index (κ3) is 2.97. The van der Waals surface area contributed by atoms with Crippen LogP contribution in [0.2, 0.25) is 0 Å². The molecule has 0 aliphatic carbocycles. The van der Waals surface area contributed by atoms with E-state index >= 15 is 0 Å². The van der Waals surface area contributed by atoms with Gasteiger partial charge in [0, 0.05) is 36.7 Å². The van der Waals surface area contributed by atoms with Crippen molar-refractivity contribution in [1.29, 1.82) is 0 Å². The van der Waals surface area contributed by atoms with E-state index in [4.69, 9.17) is 6.42 Å². The monoisotopic (exact) mass is 203 g/mol. The molecule has 15 heavy (non-hydrogen) atoms. The normalized spacial score (nSPS) is 9.67. The fourth-order valence-electron chi connectivity index (χ4n) is 1.53. The van der Waals surface area contributed by atoms with E-state index in [-0.39, 0.29) is 0 Å². The smallest absolute Gasteiger partial charge is 0.0791 e. The van der Waals surface area contributed by atoms with Gasteiger partial charge in [-0.1, -0.05) is 5.92 Å². The Morgan fingerprint density at radius 2 is 2.40 bits per heavy atom. The van der Waals surface area contributed by atoms with Crippen molar-refractivity contribution in [3.63, 3.8) is 0 Å². The third-order valence-corrected chi connectivity index (χ3v) is 2.25. The Bertz CT molecular complexity index is 341. The summed E-state index contributed by atoms with van der Waals surface area (Å²) in [4.78, 5) is 6.28. The molecular formula is C12H17N3. The quantitative estimate of drug-likeness (QED) is 0.730. The van der Waals surface area contributed by atoms with Gasteiger partial charge in [-0.25, -0.2) is 0 Å². The molecule has 0 aliphatic rings. The number of rotatable bonds is 5. The van der Waals surface area contributed by atoms with Crippen LogP contribution in [0.15, 0.2) is 18.5 Å². The molecule has 0 atom stereocenters. The number of nitrogens with one attached hydrogen (secondary N) is 1. The molecule has 1 N–H and O–H groups in total. The van der Waals surface area contributed by atoms with Crippen molar-refractivity contribution in [2.45, 2.75) is 13.5 Å². The Morgan fingerprint density at radius 3 is 3.00 bits per heavy atom. The van der Waals surface area contributed by atoms with E-state index in [2.05, 4.69) is 28.0 Å². The number of terminal acetylenes is 1. The average molecular weight is 203 g/mol. The maximum atomic E-state index is 5.34. The van der Waals surface area contributed by atoms with Crippen LogP contribution in [0.5, 0.6) is 0 Å². The number of hydrogen-bond acceptors (Lipinski definition) is 3. The summed E-state index contributed by atoms with van der Waals surface area (Å²) in [5.74, 6) is 2.67. The Balaban J connectivity index is 2.94. The fourth-order valence-corrected chi connectivity index (χ4v) is 1.53. The molecule has 0 saturated carbocycles. The van der Waals surface area contributed by atoms with Crippen molar-refractivity contribution in [2.24, 2.45) is 0 Å². The molecule has 0 radical (unpaired) electrons. The van der Waals surface area contributed by atoms with Crippen molar-refractivity contribution in [3.8, 4) is 12.3 Å². The van der Waals surface area contributed by atoms with Gasteiger partial charge in [0.2, 0.25) is 0 Å². The zero-order chi connectivity index (χ0) is 11.1. The first kappa shape index (κ1) is 11.5. The SMILES string of the molecule is C#CCN(CC)c1ccncc1CNC. The van der Waals surface area contributed by atoms with Crippen molar-refractivity contribution in [1.82, 2.24) is 10.3 Å². The lowest BCUT2D eigenvalue weighted by molar-refractivity contribution is 0.799. The van der Waals surface area contributed by atoms with Gasteiger partial charge in [0.05, 0.1) is 6.54 Å². The minimum absolute atomic E-state index is 0.636. The minimum Gasteiger partial charge on any atom is -0.360 e. The van der Waals surface area contributed by atoms with E-state index in [9.17, 15) is 0 Å². The Kier molecular flexibility index (Phi) is 4.65. The second kappa shape index (κ2) is 6.05. The van der Waals surface area contributed by atoms with Crippen LogP contribution in [-0.2, 0) is 6.54 Å². The Hall–Kier alpha value is -1.53. The lowest BCUT2D eigenvalue weighted by Gasteiger charge is -2.23. The zero-order valence-corrected chi connectivity index (χ0v) is 9.33. The maximum absolute atomic E-state index is 5.34. The van der Waals surface area contributed by atoms with Crippen molar-refractivity contribution >= 4 is 5.69 Å². The van der Waals surface area contributed by atoms with Gasteiger partial charge in [-0.3, -0.25) is 4.98 Å². The van der Waals surface area contributed by atoms with Gasteiger partial charge in [-0.15, -0.1) is 6.42 Å². The van der Waals surface area contributed by atoms with E-state index < -0.39 is 0 Å². The summed E-state index contributed by atoms with van der Waals surface area (Å²) in [6, 6.07) is 2.01. The van der Waals surface area contributed by atoms with Crippen LogP contribution >= 0.6 is 0 Å². The van der Waals surface area contributed by atoms with Gasteiger partial charge in [-0.2, -0.15) is 0 Å². The highest BCUT2D eigenvalue weighted by Crippen LogP contribution is 2.18. The van der Waals surface area contributed by atoms with Gasteiger partial charge < -0.3 is 10.2 Å². The van der Waals surface area contributed by atoms with Crippen LogP contribution in [0.3, 0.4) is 0 Å². The van der Waals surface area contributed by atoms with Crippen LogP contribution in [0, 0.1) is 12.3 Å². The molecule has 0 amide bonds. The predicted octanol–water partition coefficient (Wildman–Crippen LogP) is 1.26. The second-order valence-corrected chi connectivity index (χ2v) is 3.25. The number of anilines is 1. The first-order valence-electron chi connectivity index (χ1n) is 5.09. The van der Waals surface area contributed by atoms with Crippen LogP contribution in [0.25, 0.3) is 0 Å². The van der Waals surface area contributed by atoms with E-state index in [0.29, 0.717) is 6.54 Å². The number of nitrogens with zero attached hydrogens (tertiary/aromatic N) is 2. The summed E-state index contributed by atoms with van der Waals surface area (Å²) in [6.07, 6.45) is 9.02. The van der Waals surface area contributed by atoms with Crippen LogP contribution < -0.4 is 10.2 Å². The highest BCUT2D eigenvalue weighted by atomic mass is 15.1. The zero-order valence-electron chi connectivity index (χ0n) is 9.33. The molecule has 3 nitrogen and oxygen atoms in total. The summed E-state index contributed by atoms with van der Waals surface area (Å²) in [5.41, 5.74) is 2.34. The van der Waals surface area contributed by atoms with Crippen molar-refractivity contribution in [2.75, 3.05) is 25.0 Å². The van der Waals surface area contributed by atoms with Crippen molar-refractivity contribution < 1.29 is 0 Å². The molecule has 0 bridgehead atoms. The molecular weight excluding hydrogens is 186 g/mol. The summed E-state index contributed by atoms with van der Waals surface area (Å²) in [6.45, 7) is 4.45. The molecule has 0 saturated heterocycles.